The summed E-state index contributed by atoms with van der Waals surface area (Å²) in [6.45, 7) is 4.33. The van der Waals surface area contributed by atoms with Crippen LogP contribution in [0.25, 0.3) is 5.65 Å². The number of hydrogen-bond acceptors (Lipinski definition) is 3. The van der Waals surface area contributed by atoms with E-state index in [1.165, 1.54) is 0 Å². The first kappa shape index (κ1) is 9.98. The minimum Gasteiger partial charge on any atom is -0.488 e. The van der Waals surface area contributed by atoms with Crippen molar-refractivity contribution >= 4 is 5.65 Å². The number of nitrogens with zero attached hydrogens (tertiary/aromatic N) is 2. The van der Waals surface area contributed by atoms with Gasteiger partial charge in [-0.1, -0.05) is 0 Å². The van der Waals surface area contributed by atoms with Gasteiger partial charge in [0.2, 0.25) is 0 Å². The fourth-order valence-corrected chi connectivity index (χ4v) is 1.30. The predicted octanol–water partition coefficient (Wildman–Crippen LogP) is 1.45. The summed E-state index contributed by atoms with van der Waals surface area (Å²) in [5.41, 5.74) is 6.34. The van der Waals surface area contributed by atoms with E-state index < -0.39 is 0 Å². The Morgan fingerprint density at radius 2 is 2.27 bits per heavy atom. The van der Waals surface area contributed by atoms with Crippen LogP contribution < -0.4 is 10.5 Å². The maximum atomic E-state index is 5.85. The fourth-order valence-electron chi connectivity index (χ4n) is 1.30. The molecule has 0 saturated heterocycles. The number of pyridine rings is 1. The van der Waals surface area contributed by atoms with Crippen LogP contribution >= 0.6 is 0 Å². The predicted molar refractivity (Wildman–Crippen MR) is 59.0 cm³/mol. The van der Waals surface area contributed by atoms with E-state index in [-0.39, 0.29) is 5.54 Å². The van der Waals surface area contributed by atoms with Gasteiger partial charge in [0.25, 0.3) is 0 Å². The lowest BCUT2D eigenvalue weighted by Gasteiger charge is -2.19. The van der Waals surface area contributed by atoms with E-state index >= 15 is 0 Å². The molecule has 4 nitrogen and oxygen atoms in total. The number of nitrogens with two attached hydrogens (primary N) is 1. The molecule has 0 aliphatic heterocycles. The molecule has 0 unspecified atom stereocenters. The lowest BCUT2D eigenvalue weighted by atomic mass is 10.1. The molecule has 0 atom stereocenters. The maximum Gasteiger partial charge on any atom is 0.179 e. The third kappa shape index (κ3) is 2.27. The number of rotatable bonds is 3. The SMILES string of the molecule is CC(C)(N)COc1cccn2ccnc12. The minimum atomic E-state index is -0.334. The molecule has 4 heteroatoms. The lowest BCUT2D eigenvalue weighted by molar-refractivity contribution is 0.245. The fraction of sp³-hybridized carbons (Fsp3) is 0.364. The normalized spacial score (nSPS) is 11.9. The Hall–Kier alpha value is -1.55. The van der Waals surface area contributed by atoms with E-state index in [4.69, 9.17) is 10.5 Å². The molecule has 0 saturated carbocycles. The van der Waals surface area contributed by atoms with Crippen molar-refractivity contribution in [3.8, 4) is 5.75 Å². The molecule has 0 spiro atoms. The quantitative estimate of drug-likeness (QED) is 0.825. The highest BCUT2D eigenvalue weighted by Gasteiger charge is 2.12. The molecule has 0 aliphatic rings. The standard InChI is InChI=1S/C11H15N3O/c1-11(2,12)8-15-9-4-3-6-14-7-5-13-10(9)14/h3-7H,8,12H2,1-2H3. The topological polar surface area (TPSA) is 52.5 Å². The van der Waals surface area contributed by atoms with Crippen molar-refractivity contribution in [1.29, 1.82) is 0 Å². The van der Waals surface area contributed by atoms with Gasteiger partial charge in [0.15, 0.2) is 11.4 Å². The molecule has 0 aliphatic carbocycles. The Labute approximate surface area is 88.7 Å². The van der Waals surface area contributed by atoms with Crippen LogP contribution in [0.15, 0.2) is 30.7 Å². The highest BCUT2D eigenvalue weighted by molar-refractivity contribution is 5.53. The molecule has 2 N–H and O–H groups in total. The van der Waals surface area contributed by atoms with Crippen molar-refractivity contribution in [2.24, 2.45) is 5.73 Å². The first-order chi connectivity index (χ1) is 7.06. The first-order valence-electron chi connectivity index (χ1n) is 4.90. The van der Waals surface area contributed by atoms with Crippen molar-refractivity contribution in [2.75, 3.05) is 6.61 Å². The summed E-state index contributed by atoms with van der Waals surface area (Å²) < 4.78 is 7.55. The van der Waals surface area contributed by atoms with Crippen molar-refractivity contribution in [3.63, 3.8) is 0 Å². The van der Waals surface area contributed by atoms with Gasteiger partial charge < -0.3 is 14.9 Å². The number of hydrogen-bond donors (Lipinski definition) is 1. The first-order valence-corrected chi connectivity index (χ1v) is 4.90. The highest BCUT2D eigenvalue weighted by Crippen LogP contribution is 2.18. The van der Waals surface area contributed by atoms with Gasteiger partial charge in [-0.3, -0.25) is 0 Å². The smallest absolute Gasteiger partial charge is 0.179 e. The Morgan fingerprint density at radius 1 is 1.47 bits per heavy atom. The third-order valence-corrected chi connectivity index (χ3v) is 1.98. The van der Waals surface area contributed by atoms with Gasteiger partial charge in [0, 0.05) is 24.1 Å². The third-order valence-electron chi connectivity index (χ3n) is 1.98. The van der Waals surface area contributed by atoms with Crippen LogP contribution in [0, 0.1) is 0 Å². The zero-order valence-corrected chi connectivity index (χ0v) is 8.97. The van der Waals surface area contributed by atoms with E-state index in [0.29, 0.717) is 6.61 Å². The second-order valence-electron chi connectivity index (χ2n) is 4.31. The van der Waals surface area contributed by atoms with Gasteiger partial charge in [-0.15, -0.1) is 0 Å². The van der Waals surface area contributed by atoms with E-state index in [0.717, 1.165) is 11.4 Å². The van der Waals surface area contributed by atoms with Crippen LogP contribution in [0.3, 0.4) is 0 Å². The summed E-state index contributed by atoms with van der Waals surface area (Å²) in [6.07, 6.45) is 5.56. The van der Waals surface area contributed by atoms with E-state index in [1.807, 2.05) is 42.8 Å². The van der Waals surface area contributed by atoms with Crippen LogP contribution in [-0.2, 0) is 0 Å². The highest BCUT2D eigenvalue weighted by atomic mass is 16.5. The average molecular weight is 205 g/mol. The number of fused-ring (bicyclic) bond motifs is 1. The van der Waals surface area contributed by atoms with Gasteiger partial charge in [-0.05, 0) is 26.0 Å². The second kappa shape index (κ2) is 3.55. The van der Waals surface area contributed by atoms with Crippen molar-refractivity contribution in [2.45, 2.75) is 19.4 Å². The van der Waals surface area contributed by atoms with E-state index in [1.54, 1.807) is 6.20 Å². The van der Waals surface area contributed by atoms with Crippen LogP contribution in [0.2, 0.25) is 0 Å². The Balaban J connectivity index is 2.24. The summed E-state index contributed by atoms with van der Waals surface area (Å²) in [4.78, 5) is 4.22. The molecule has 2 aromatic rings. The van der Waals surface area contributed by atoms with E-state index in [9.17, 15) is 0 Å². The number of ether oxygens (including phenoxy) is 1. The molecule has 0 fully saturated rings. The summed E-state index contributed by atoms with van der Waals surface area (Å²) in [7, 11) is 0. The molecular formula is C11H15N3O. The zero-order chi connectivity index (χ0) is 10.9. The molecular weight excluding hydrogens is 190 g/mol. The maximum absolute atomic E-state index is 5.85. The zero-order valence-electron chi connectivity index (χ0n) is 8.97. The summed E-state index contributed by atoms with van der Waals surface area (Å²) >= 11 is 0. The average Bonchev–Trinajstić information content (AvgIpc) is 2.61. The molecule has 0 radical (unpaired) electrons. The van der Waals surface area contributed by atoms with Crippen LogP contribution in [0.1, 0.15) is 13.8 Å². The van der Waals surface area contributed by atoms with Gasteiger partial charge in [0.05, 0.1) is 0 Å². The Bertz CT molecular complexity index is 456. The second-order valence-corrected chi connectivity index (χ2v) is 4.31. The monoisotopic (exact) mass is 205 g/mol. The van der Waals surface area contributed by atoms with Gasteiger partial charge in [-0.25, -0.2) is 4.98 Å². The summed E-state index contributed by atoms with van der Waals surface area (Å²) in [5, 5.41) is 0. The lowest BCUT2D eigenvalue weighted by Crippen LogP contribution is -2.38. The van der Waals surface area contributed by atoms with Gasteiger partial charge in [0.1, 0.15) is 6.61 Å². The Morgan fingerprint density at radius 3 is 3.00 bits per heavy atom. The molecule has 15 heavy (non-hydrogen) atoms. The molecule has 80 valence electrons. The van der Waals surface area contributed by atoms with Crippen LogP contribution in [0.5, 0.6) is 5.75 Å². The van der Waals surface area contributed by atoms with Gasteiger partial charge in [-0.2, -0.15) is 0 Å². The van der Waals surface area contributed by atoms with Crippen LogP contribution in [0.4, 0.5) is 0 Å². The summed E-state index contributed by atoms with van der Waals surface area (Å²) in [6, 6.07) is 3.82. The van der Waals surface area contributed by atoms with Crippen LogP contribution in [-0.4, -0.2) is 21.5 Å². The number of imidazole rings is 1. The molecule has 2 aromatic heterocycles. The largest absolute Gasteiger partial charge is 0.488 e. The van der Waals surface area contributed by atoms with E-state index in [2.05, 4.69) is 4.98 Å². The molecule has 2 heterocycles. The van der Waals surface area contributed by atoms with Crippen molar-refractivity contribution in [3.05, 3.63) is 30.7 Å². The van der Waals surface area contributed by atoms with Crippen molar-refractivity contribution in [1.82, 2.24) is 9.38 Å². The molecule has 0 bridgehead atoms. The molecule has 0 amide bonds. The Kier molecular flexibility index (Phi) is 2.36. The molecule has 2 rings (SSSR count). The molecule has 0 aromatic carbocycles. The number of aromatic nitrogens is 2. The summed E-state index contributed by atoms with van der Waals surface area (Å²) in [5.74, 6) is 0.765. The van der Waals surface area contributed by atoms with Gasteiger partial charge >= 0.3 is 0 Å². The van der Waals surface area contributed by atoms with Crippen molar-refractivity contribution < 1.29 is 4.74 Å². The minimum absolute atomic E-state index is 0.334.